The van der Waals surface area contributed by atoms with Gasteiger partial charge in [0.05, 0.1) is 34.0 Å². The first-order valence-electron chi connectivity index (χ1n) is 4.73. The average Bonchev–Trinajstić information content (AvgIpc) is 2.36. The van der Waals surface area contributed by atoms with Crippen molar-refractivity contribution in [2.24, 2.45) is 0 Å². The van der Waals surface area contributed by atoms with E-state index in [-0.39, 0.29) is 22.7 Å². The fourth-order valence-electron chi connectivity index (χ4n) is 1.43. The Bertz CT molecular complexity index is 430. The number of hydrogen-bond donors (Lipinski definition) is 0. The molecule has 0 aliphatic heterocycles. The van der Waals surface area contributed by atoms with Crippen molar-refractivity contribution in [2.45, 2.75) is 0 Å². The Labute approximate surface area is 99.2 Å². The largest absolute Gasteiger partial charge is 0.493 e. The summed E-state index contributed by atoms with van der Waals surface area (Å²) >= 11 is 0. The molecule has 0 saturated heterocycles. The van der Waals surface area contributed by atoms with Gasteiger partial charge in [0.25, 0.3) is 0 Å². The maximum atomic E-state index is 11.5. The number of nitrogens with one attached hydrogen (secondary N) is 1. The lowest BCUT2D eigenvalue weighted by Gasteiger charge is -2.15. The Kier molecular flexibility index (Phi) is 4.03. The molecule has 0 amide bonds. The number of carbonyl (C=O) groups excluding carboxylic acids is 1. The second-order valence-corrected chi connectivity index (χ2v) is 3.06. The van der Waals surface area contributed by atoms with E-state index in [1.807, 2.05) is 0 Å². The van der Waals surface area contributed by atoms with Crippen LogP contribution in [-0.2, 0) is 4.74 Å². The summed E-state index contributed by atoms with van der Waals surface area (Å²) in [6, 6.07) is 1.38. The van der Waals surface area contributed by atoms with Gasteiger partial charge in [-0.25, -0.2) is 4.79 Å². The third kappa shape index (κ3) is 2.20. The molecule has 0 unspecified atom stereocenters. The van der Waals surface area contributed by atoms with Crippen LogP contribution in [0.5, 0.6) is 17.2 Å². The SMILES string of the molecule is COC(=O)c1cc(OC)c(OC)c(OC)c1[NH]. The fraction of sp³-hybridized carbons (Fsp3) is 0.364. The molecular weight excluding hydrogens is 226 g/mol. The molecule has 6 heteroatoms. The fourth-order valence-corrected chi connectivity index (χ4v) is 1.43. The molecular formula is C11H14NO5. The van der Waals surface area contributed by atoms with Crippen LogP contribution in [0.25, 0.3) is 0 Å². The molecule has 1 aromatic carbocycles. The highest BCUT2D eigenvalue weighted by atomic mass is 16.5. The van der Waals surface area contributed by atoms with Gasteiger partial charge in [-0.3, -0.25) is 5.73 Å². The first-order chi connectivity index (χ1) is 8.10. The summed E-state index contributed by atoms with van der Waals surface area (Å²) in [5.74, 6) is 0.0786. The first-order valence-corrected chi connectivity index (χ1v) is 4.73. The van der Waals surface area contributed by atoms with Crippen molar-refractivity contribution in [3.8, 4) is 17.2 Å². The predicted octanol–water partition coefficient (Wildman–Crippen LogP) is 1.41. The number of ether oxygens (including phenoxy) is 4. The van der Waals surface area contributed by atoms with Crippen molar-refractivity contribution in [3.63, 3.8) is 0 Å². The maximum Gasteiger partial charge on any atom is 0.340 e. The summed E-state index contributed by atoms with van der Waals surface area (Å²) in [4.78, 5) is 11.5. The lowest BCUT2D eigenvalue weighted by atomic mass is 10.1. The molecule has 0 aliphatic rings. The zero-order valence-electron chi connectivity index (χ0n) is 10.1. The highest BCUT2D eigenvalue weighted by Crippen LogP contribution is 2.44. The van der Waals surface area contributed by atoms with Crippen LogP contribution in [0.2, 0.25) is 0 Å². The molecule has 0 heterocycles. The van der Waals surface area contributed by atoms with Crippen molar-refractivity contribution < 1.29 is 23.7 Å². The van der Waals surface area contributed by atoms with E-state index in [0.717, 1.165) is 0 Å². The summed E-state index contributed by atoms with van der Waals surface area (Å²) in [5.41, 5.74) is 7.79. The van der Waals surface area contributed by atoms with Gasteiger partial charge < -0.3 is 18.9 Å². The quantitative estimate of drug-likeness (QED) is 0.743. The Morgan fingerprint density at radius 3 is 2.06 bits per heavy atom. The van der Waals surface area contributed by atoms with E-state index in [4.69, 9.17) is 19.9 Å². The van der Waals surface area contributed by atoms with E-state index in [1.165, 1.54) is 34.5 Å². The van der Waals surface area contributed by atoms with Crippen molar-refractivity contribution in [2.75, 3.05) is 28.4 Å². The van der Waals surface area contributed by atoms with Crippen LogP contribution in [0.15, 0.2) is 6.07 Å². The standard InChI is InChI=1S/C11H14NO5/c1-14-7-5-6(11(13)17-4)8(12)10(16-3)9(7)15-2/h5,12H,1-4H3. The van der Waals surface area contributed by atoms with Crippen LogP contribution in [0, 0.1) is 0 Å². The van der Waals surface area contributed by atoms with Gasteiger partial charge in [-0.05, 0) is 0 Å². The molecule has 1 aromatic rings. The van der Waals surface area contributed by atoms with Crippen LogP contribution in [0.3, 0.4) is 0 Å². The van der Waals surface area contributed by atoms with Crippen molar-refractivity contribution in [3.05, 3.63) is 11.6 Å². The summed E-state index contributed by atoms with van der Waals surface area (Å²) in [6.07, 6.45) is 0. The van der Waals surface area contributed by atoms with E-state index in [2.05, 4.69) is 4.74 Å². The molecule has 0 bridgehead atoms. The minimum atomic E-state index is -0.630. The van der Waals surface area contributed by atoms with E-state index < -0.39 is 5.97 Å². The third-order valence-corrected chi connectivity index (χ3v) is 2.24. The Morgan fingerprint density at radius 1 is 1.06 bits per heavy atom. The topological polar surface area (TPSA) is 77.8 Å². The van der Waals surface area contributed by atoms with Crippen LogP contribution < -0.4 is 19.9 Å². The van der Waals surface area contributed by atoms with Gasteiger partial charge in [0.1, 0.15) is 5.69 Å². The zero-order valence-corrected chi connectivity index (χ0v) is 10.1. The van der Waals surface area contributed by atoms with Gasteiger partial charge >= 0.3 is 5.97 Å². The smallest absolute Gasteiger partial charge is 0.340 e. The minimum Gasteiger partial charge on any atom is -0.493 e. The molecule has 0 fully saturated rings. The Hall–Kier alpha value is -2.11. The third-order valence-electron chi connectivity index (χ3n) is 2.24. The molecule has 0 aliphatic carbocycles. The highest BCUT2D eigenvalue weighted by Gasteiger charge is 2.23. The van der Waals surface area contributed by atoms with E-state index >= 15 is 0 Å². The number of carbonyl (C=O) groups is 1. The second-order valence-electron chi connectivity index (χ2n) is 3.06. The van der Waals surface area contributed by atoms with Gasteiger partial charge in [-0.15, -0.1) is 0 Å². The second kappa shape index (κ2) is 5.29. The lowest BCUT2D eigenvalue weighted by molar-refractivity contribution is 0.0601. The molecule has 1 N–H and O–H groups in total. The number of rotatable bonds is 4. The summed E-state index contributed by atoms with van der Waals surface area (Å²) < 4.78 is 19.8. The van der Waals surface area contributed by atoms with Gasteiger partial charge in [0.2, 0.25) is 5.75 Å². The normalized spacial score (nSPS) is 9.65. The van der Waals surface area contributed by atoms with Crippen molar-refractivity contribution in [1.29, 1.82) is 0 Å². The van der Waals surface area contributed by atoms with Crippen molar-refractivity contribution >= 4 is 11.7 Å². The predicted molar refractivity (Wildman–Crippen MR) is 60.2 cm³/mol. The average molecular weight is 240 g/mol. The molecule has 1 radical (unpaired) electrons. The van der Waals surface area contributed by atoms with E-state index in [0.29, 0.717) is 5.75 Å². The van der Waals surface area contributed by atoms with E-state index in [9.17, 15) is 4.79 Å². The molecule has 1 rings (SSSR count). The number of benzene rings is 1. The molecule has 93 valence electrons. The number of methoxy groups -OCH3 is 4. The number of hydrogen-bond acceptors (Lipinski definition) is 5. The van der Waals surface area contributed by atoms with Crippen LogP contribution >= 0.6 is 0 Å². The van der Waals surface area contributed by atoms with Crippen molar-refractivity contribution in [1.82, 2.24) is 5.73 Å². The van der Waals surface area contributed by atoms with Gasteiger partial charge in [-0.1, -0.05) is 0 Å². The monoisotopic (exact) mass is 240 g/mol. The molecule has 0 atom stereocenters. The highest BCUT2D eigenvalue weighted by molar-refractivity contribution is 5.97. The van der Waals surface area contributed by atoms with E-state index in [1.54, 1.807) is 0 Å². The molecule has 0 aromatic heterocycles. The zero-order chi connectivity index (χ0) is 13.0. The molecule has 0 spiro atoms. The Morgan fingerprint density at radius 2 is 1.65 bits per heavy atom. The van der Waals surface area contributed by atoms with Gasteiger partial charge in [0, 0.05) is 6.07 Å². The summed E-state index contributed by atoms with van der Waals surface area (Å²) in [6.45, 7) is 0. The summed E-state index contributed by atoms with van der Waals surface area (Å²) in [5, 5.41) is 0. The maximum absolute atomic E-state index is 11.5. The van der Waals surface area contributed by atoms with Gasteiger partial charge in [-0.2, -0.15) is 0 Å². The molecule has 6 nitrogen and oxygen atoms in total. The van der Waals surface area contributed by atoms with Crippen LogP contribution in [0.4, 0.5) is 5.69 Å². The molecule has 0 saturated carbocycles. The minimum absolute atomic E-state index is 0.0574. The molecule has 17 heavy (non-hydrogen) atoms. The van der Waals surface area contributed by atoms with Gasteiger partial charge in [0.15, 0.2) is 11.5 Å². The first kappa shape index (κ1) is 13.0. The lowest BCUT2D eigenvalue weighted by Crippen LogP contribution is -2.06. The number of esters is 1. The Balaban J connectivity index is 3.50. The van der Waals surface area contributed by atoms with Crippen LogP contribution in [0.1, 0.15) is 10.4 Å². The van der Waals surface area contributed by atoms with Crippen LogP contribution in [-0.4, -0.2) is 34.4 Å². The summed E-state index contributed by atoms with van der Waals surface area (Å²) in [7, 11) is 5.49.